The zero-order chi connectivity index (χ0) is 16.4. The first kappa shape index (κ1) is 17.5. The molecule has 21 heavy (non-hydrogen) atoms. The number of hydrogen-bond donors (Lipinski definition) is 1. The molecule has 0 aliphatic rings. The van der Waals surface area contributed by atoms with E-state index in [1.807, 2.05) is 0 Å². The highest BCUT2D eigenvalue weighted by Gasteiger charge is 2.38. The summed E-state index contributed by atoms with van der Waals surface area (Å²) in [7, 11) is -4.56. The lowest BCUT2D eigenvalue weighted by atomic mass is 10.2. The maximum atomic E-state index is 12.5. The Hall–Kier alpha value is -1.55. The smallest absolute Gasteiger partial charge is 0.402 e. The Morgan fingerprint density at radius 1 is 1.38 bits per heavy atom. The minimum Gasteiger partial charge on any atom is -0.475 e. The second-order valence-corrected chi connectivity index (χ2v) is 6.60. The number of alkyl halides is 3. The molecule has 120 valence electrons. The lowest BCUT2D eigenvalue weighted by Crippen LogP contribution is -2.40. The molecular formula is C11H14F3NO5S. The fourth-order valence-electron chi connectivity index (χ4n) is 1.56. The minimum absolute atomic E-state index is 0.224. The van der Waals surface area contributed by atoms with Gasteiger partial charge in [0.1, 0.15) is 6.54 Å². The average Bonchev–Trinajstić information content (AvgIpc) is 2.75. The van der Waals surface area contributed by atoms with E-state index in [-0.39, 0.29) is 16.8 Å². The molecule has 0 bridgehead atoms. The van der Waals surface area contributed by atoms with Crippen molar-refractivity contribution in [3.8, 4) is 0 Å². The van der Waals surface area contributed by atoms with Crippen molar-refractivity contribution in [2.75, 3.05) is 13.1 Å². The van der Waals surface area contributed by atoms with Crippen LogP contribution in [-0.2, 0) is 10.0 Å². The fraction of sp³-hybridized carbons (Fsp3) is 0.545. The first-order valence-electron chi connectivity index (χ1n) is 5.83. The number of furan rings is 1. The van der Waals surface area contributed by atoms with Crippen LogP contribution in [0.1, 0.15) is 24.4 Å². The van der Waals surface area contributed by atoms with Crippen molar-refractivity contribution in [1.82, 2.24) is 4.31 Å². The molecule has 6 nitrogen and oxygen atoms in total. The van der Waals surface area contributed by atoms with Crippen LogP contribution in [0, 0.1) is 5.92 Å². The van der Waals surface area contributed by atoms with Gasteiger partial charge in [-0.05, 0) is 18.1 Å². The van der Waals surface area contributed by atoms with E-state index in [2.05, 4.69) is 4.42 Å². The van der Waals surface area contributed by atoms with Crippen molar-refractivity contribution >= 4 is 16.0 Å². The van der Waals surface area contributed by atoms with Crippen LogP contribution in [0.15, 0.2) is 21.6 Å². The normalized spacial score (nSPS) is 13.1. The Balaban J connectivity index is 3.16. The molecule has 0 aliphatic heterocycles. The number of nitrogens with zero attached hydrogens (tertiary/aromatic N) is 1. The highest BCUT2D eigenvalue weighted by molar-refractivity contribution is 7.89. The van der Waals surface area contributed by atoms with Crippen LogP contribution < -0.4 is 0 Å². The molecule has 1 N–H and O–H groups in total. The van der Waals surface area contributed by atoms with Gasteiger partial charge in [-0.2, -0.15) is 17.5 Å². The number of halogens is 3. The minimum atomic E-state index is -4.72. The molecule has 0 aliphatic carbocycles. The summed E-state index contributed by atoms with van der Waals surface area (Å²) in [5.41, 5.74) is 0. The summed E-state index contributed by atoms with van der Waals surface area (Å²) in [6.45, 7) is 1.08. The Kier molecular flexibility index (Phi) is 5.05. The fourth-order valence-corrected chi connectivity index (χ4v) is 3.06. The standard InChI is InChI=1S/C11H14F3NO5S/c1-7(2)5-15(6-11(12,13)14)21(18,19)9-4-3-8(20-9)10(16)17/h3-4,7H,5-6H2,1-2H3,(H,16,17). The molecule has 10 heteroatoms. The molecule has 1 aromatic rings. The average molecular weight is 329 g/mol. The number of sulfonamides is 1. The molecule has 1 rings (SSSR count). The van der Waals surface area contributed by atoms with Gasteiger partial charge in [0.25, 0.3) is 10.0 Å². The van der Waals surface area contributed by atoms with Crippen LogP contribution in [-0.4, -0.2) is 43.1 Å². The quantitative estimate of drug-likeness (QED) is 0.864. The number of rotatable bonds is 6. The Labute approximate surface area is 119 Å². The first-order chi connectivity index (χ1) is 9.43. The van der Waals surface area contributed by atoms with E-state index in [0.29, 0.717) is 0 Å². The van der Waals surface area contributed by atoms with Crippen LogP contribution in [0.4, 0.5) is 13.2 Å². The van der Waals surface area contributed by atoms with Crippen LogP contribution in [0.5, 0.6) is 0 Å². The van der Waals surface area contributed by atoms with E-state index in [1.54, 1.807) is 13.8 Å². The second kappa shape index (κ2) is 6.06. The molecule has 0 saturated carbocycles. The Bertz CT molecular complexity index is 606. The van der Waals surface area contributed by atoms with Crippen molar-refractivity contribution < 1.29 is 35.9 Å². The van der Waals surface area contributed by atoms with Crippen molar-refractivity contribution in [2.45, 2.75) is 25.1 Å². The number of aromatic carboxylic acids is 1. The van der Waals surface area contributed by atoms with E-state index < -0.39 is 39.6 Å². The summed E-state index contributed by atoms with van der Waals surface area (Å²) in [6.07, 6.45) is -4.72. The van der Waals surface area contributed by atoms with Crippen LogP contribution >= 0.6 is 0 Å². The van der Waals surface area contributed by atoms with Gasteiger partial charge >= 0.3 is 12.1 Å². The summed E-state index contributed by atoms with van der Waals surface area (Å²) in [5.74, 6) is -2.52. The van der Waals surface area contributed by atoms with Gasteiger partial charge in [0.2, 0.25) is 10.9 Å². The van der Waals surface area contributed by atoms with Gasteiger partial charge in [-0.25, -0.2) is 13.2 Å². The van der Waals surface area contributed by atoms with E-state index in [0.717, 1.165) is 12.1 Å². The highest BCUT2D eigenvalue weighted by Crippen LogP contribution is 2.25. The van der Waals surface area contributed by atoms with Crippen molar-refractivity contribution in [3.63, 3.8) is 0 Å². The van der Waals surface area contributed by atoms with Crippen molar-refractivity contribution in [3.05, 3.63) is 17.9 Å². The van der Waals surface area contributed by atoms with E-state index >= 15 is 0 Å². The van der Waals surface area contributed by atoms with Gasteiger partial charge < -0.3 is 9.52 Å². The van der Waals surface area contributed by atoms with Gasteiger partial charge in [0.05, 0.1) is 0 Å². The van der Waals surface area contributed by atoms with Gasteiger partial charge in [0.15, 0.2) is 0 Å². The lowest BCUT2D eigenvalue weighted by molar-refractivity contribution is -0.136. The largest absolute Gasteiger partial charge is 0.475 e. The van der Waals surface area contributed by atoms with E-state index in [4.69, 9.17) is 5.11 Å². The second-order valence-electron chi connectivity index (χ2n) is 4.73. The van der Waals surface area contributed by atoms with E-state index in [9.17, 15) is 26.4 Å². The molecule has 1 aromatic heterocycles. The maximum Gasteiger partial charge on any atom is 0.402 e. The van der Waals surface area contributed by atoms with Gasteiger partial charge in [-0.3, -0.25) is 0 Å². The van der Waals surface area contributed by atoms with Crippen LogP contribution in [0.25, 0.3) is 0 Å². The molecule has 0 radical (unpaired) electrons. The van der Waals surface area contributed by atoms with Crippen molar-refractivity contribution in [2.24, 2.45) is 5.92 Å². The summed E-state index contributed by atoms with van der Waals surface area (Å²) in [6, 6.07) is 1.69. The zero-order valence-corrected chi connectivity index (χ0v) is 12.0. The topological polar surface area (TPSA) is 87.8 Å². The molecule has 0 saturated heterocycles. The zero-order valence-electron chi connectivity index (χ0n) is 11.2. The number of carboxylic acid groups (broad SMARTS) is 1. The number of carbonyl (C=O) groups is 1. The van der Waals surface area contributed by atoms with Gasteiger partial charge in [-0.15, -0.1) is 0 Å². The third kappa shape index (κ3) is 4.74. The summed E-state index contributed by atoms with van der Waals surface area (Å²) in [5, 5.41) is 7.82. The monoisotopic (exact) mass is 329 g/mol. The first-order valence-corrected chi connectivity index (χ1v) is 7.27. The molecule has 0 aromatic carbocycles. The molecule has 0 unspecified atom stereocenters. The van der Waals surface area contributed by atoms with Gasteiger partial charge in [0, 0.05) is 6.54 Å². The molecular weight excluding hydrogens is 315 g/mol. The summed E-state index contributed by atoms with van der Waals surface area (Å²) in [4.78, 5) is 10.6. The maximum absolute atomic E-state index is 12.5. The Morgan fingerprint density at radius 3 is 2.33 bits per heavy atom. The summed E-state index contributed by atoms with van der Waals surface area (Å²) < 4.78 is 66.6. The summed E-state index contributed by atoms with van der Waals surface area (Å²) >= 11 is 0. The lowest BCUT2D eigenvalue weighted by Gasteiger charge is -2.23. The molecule has 0 spiro atoms. The predicted octanol–water partition coefficient (Wildman–Crippen LogP) is 2.19. The Morgan fingerprint density at radius 2 is 1.95 bits per heavy atom. The predicted molar refractivity (Wildman–Crippen MR) is 65.3 cm³/mol. The van der Waals surface area contributed by atoms with Crippen LogP contribution in [0.3, 0.4) is 0 Å². The third-order valence-electron chi connectivity index (χ3n) is 2.31. The molecule has 0 fully saturated rings. The molecule has 0 atom stereocenters. The highest BCUT2D eigenvalue weighted by atomic mass is 32.2. The van der Waals surface area contributed by atoms with Gasteiger partial charge in [-0.1, -0.05) is 13.8 Å². The SMILES string of the molecule is CC(C)CN(CC(F)(F)F)S(=O)(=O)c1ccc(C(=O)O)o1. The van der Waals surface area contributed by atoms with Crippen molar-refractivity contribution in [1.29, 1.82) is 0 Å². The number of carboxylic acids is 1. The number of hydrogen-bond acceptors (Lipinski definition) is 4. The molecule has 0 amide bonds. The van der Waals surface area contributed by atoms with Crippen LogP contribution in [0.2, 0.25) is 0 Å². The van der Waals surface area contributed by atoms with E-state index in [1.165, 1.54) is 0 Å². The third-order valence-corrected chi connectivity index (χ3v) is 4.00. The molecule has 1 heterocycles.